The molecule has 1 aliphatic rings. The first-order valence-electron chi connectivity index (χ1n) is 2.25. The van der Waals surface area contributed by atoms with Crippen LogP contribution in [0.3, 0.4) is 0 Å². The molecule has 2 nitrogen and oxygen atoms in total. The molecule has 1 radical (unpaired) electrons. The Kier molecular flexibility index (Phi) is 1.20. The predicted molar refractivity (Wildman–Crippen MR) is 27.2 cm³/mol. The van der Waals surface area contributed by atoms with Crippen molar-refractivity contribution in [3.8, 4) is 0 Å². The van der Waals surface area contributed by atoms with Crippen molar-refractivity contribution in [1.82, 2.24) is 4.90 Å². The van der Waals surface area contributed by atoms with E-state index in [2.05, 4.69) is 6.92 Å². The second kappa shape index (κ2) is 1.87. The van der Waals surface area contributed by atoms with Crippen LogP contribution in [0.15, 0.2) is 12.5 Å². The zero-order valence-corrected chi connectivity index (χ0v) is 4.13. The maximum atomic E-state index is 4.85. The fourth-order valence-electron chi connectivity index (χ4n) is 0.450. The van der Waals surface area contributed by atoms with Gasteiger partial charge in [0, 0.05) is 12.7 Å². The lowest BCUT2D eigenvalue weighted by Gasteiger charge is -2.07. The Labute approximate surface area is 43.4 Å². The van der Waals surface area contributed by atoms with E-state index in [1.165, 1.54) is 0 Å². The number of rotatable bonds is 1. The first-order chi connectivity index (χ1) is 3.43. The summed E-state index contributed by atoms with van der Waals surface area (Å²) >= 11 is 0. The highest BCUT2D eigenvalue weighted by atomic mass is 16.5. The zero-order chi connectivity index (χ0) is 5.11. The molecule has 1 rings (SSSR count). The molecule has 0 atom stereocenters. The SMILES string of the molecule is [CH2]CN1C=COC1. The Bertz CT molecular complexity index is 80.1. The molecule has 0 fully saturated rings. The first-order valence-corrected chi connectivity index (χ1v) is 2.25. The van der Waals surface area contributed by atoms with Gasteiger partial charge in [-0.25, -0.2) is 0 Å². The molecule has 1 heterocycles. The molecule has 0 aromatic carbocycles. The summed E-state index contributed by atoms with van der Waals surface area (Å²) in [6.45, 7) is 5.12. The summed E-state index contributed by atoms with van der Waals surface area (Å²) in [5, 5.41) is 0. The van der Waals surface area contributed by atoms with E-state index in [1.807, 2.05) is 11.1 Å². The predicted octanol–water partition coefficient (Wildman–Crippen LogP) is 0.581. The van der Waals surface area contributed by atoms with Crippen LogP contribution in [-0.2, 0) is 4.74 Å². The van der Waals surface area contributed by atoms with Crippen molar-refractivity contribution in [2.75, 3.05) is 13.3 Å². The Morgan fingerprint density at radius 3 is 3.00 bits per heavy atom. The lowest BCUT2D eigenvalue weighted by atomic mass is 10.7. The summed E-state index contributed by atoms with van der Waals surface area (Å²) in [4.78, 5) is 1.97. The van der Waals surface area contributed by atoms with E-state index in [9.17, 15) is 0 Å². The van der Waals surface area contributed by atoms with Gasteiger partial charge in [0.2, 0.25) is 0 Å². The minimum atomic E-state index is 0.670. The van der Waals surface area contributed by atoms with E-state index in [4.69, 9.17) is 4.74 Å². The Hall–Kier alpha value is -0.660. The van der Waals surface area contributed by atoms with E-state index < -0.39 is 0 Å². The summed E-state index contributed by atoms with van der Waals surface area (Å²) in [6.07, 6.45) is 3.55. The van der Waals surface area contributed by atoms with Gasteiger partial charge in [0.05, 0.1) is 0 Å². The fraction of sp³-hybridized carbons (Fsp3) is 0.400. The van der Waals surface area contributed by atoms with Crippen molar-refractivity contribution >= 4 is 0 Å². The zero-order valence-electron chi connectivity index (χ0n) is 4.13. The van der Waals surface area contributed by atoms with Gasteiger partial charge in [-0.2, -0.15) is 0 Å². The second-order valence-electron chi connectivity index (χ2n) is 1.39. The average molecular weight is 98.1 g/mol. The van der Waals surface area contributed by atoms with Crippen LogP contribution in [0.2, 0.25) is 0 Å². The largest absolute Gasteiger partial charge is 0.479 e. The van der Waals surface area contributed by atoms with E-state index in [0.29, 0.717) is 6.73 Å². The van der Waals surface area contributed by atoms with Crippen LogP contribution < -0.4 is 0 Å². The van der Waals surface area contributed by atoms with Crippen molar-refractivity contribution in [2.24, 2.45) is 0 Å². The van der Waals surface area contributed by atoms with Gasteiger partial charge in [-0.05, 0) is 6.92 Å². The van der Waals surface area contributed by atoms with Gasteiger partial charge in [0.25, 0.3) is 0 Å². The number of hydrogen-bond donors (Lipinski definition) is 0. The second-order valence-corrected chi connectivity index (χ2v) is 1.39. The molecule has 0 saturated heterocycles. The van der Waals surface area contributed by atoms with E-state index in [-0.39, 0.29) is 0 Å². The molecular formula is C5H8NO. The van der Waals surface area contributed by atoms with Gasteiger partial charge in [0.15, 0.2) is 6.73 Å². The summed E-state index contributed by atoms with van der Waals surface area (Å²) < 4.78 is 4.85. The van der Waals surface area contributed by atoms with Crippen molar-refractivity contribution in [2.45, 2.75) is 0 Å². The van der Waals surface area contributed by atoms with E-state index >= 15 is 0 Å². The number of ether oxygens (including phenoxy) is 1. The molecule has 0 aromatic rings. The molecule has 2 heteroatoms. The highest BCUT2D eigenvalue weighted by Crippen LogP contribution is 1.97. The normalized spacial score (nSPS) is 17.6. The molecule has 1 aliphatic heterocycles. The third-order valence-corrected chi connectivity index (χ3v) is 0.895. The quantitative estimate of drug-likeness (QED) is 0.475. The standard InChI is InChI=1S/C5H8NO/c1-2-6-3-4-7-5-6/h3-4H,1-2,5H2. The van der Waals surface area contributed by atoms with Crippen LogP contribution in [0.1, 0.15) is 0 Å². The maximum absolute atomic E-state index is 4.85. The van der Waals surface area contributed by atoms with E-state index in [0.717, 1.165) is 6.54 Å². The third-order valence-electron chi connectivity index (χ3n) is 0.895. The molecule has 0 saturated carbocycles. The summed E-state index contributed by atoms with van der Waals surface area (Å²) in [5.74, 6) is 0. The maximum Gasteiger partial charge on any atom is 0.160 e. The summed E-state index contributed by atoms with van der Waals surface area (Å²) in [7, 11) is 0. The Balaban J connectivity index is 2.28. The molecule has 0 unspecified atom stereocenters. The molecule has 39 valence electrons. The van der Waals surface area contributed by atoms with Gasteiger partial charge in [-0.15, -0.1) is 0 Å². The lowest BCUT2D eigenvalue weighted by molar-refractivity contribution is 0.180. The van der Waals surface area contributed by atoms with Crippen LogP contribution in [-0.4, -0.2) is 18.2 Å². The van der Waals surface area contributed by atoms with Crippen molar-refractivity contribution < 1.29 is 4.74 Å². The Morgan fingerprint density at radius 2 is 2.71 bits per heavy atom. The first kappa shape index (κ1) is 4.50. The van der Waals surface area contributed by atoms with Crippen molar-refractivity contribution in [1.29, 1.82) is 0 Å². The van der Waals surface area contributed by atoms with Crippen LogP contribution in [0.25, 0.3) is 0 Å². The molecule has 0 amide bonds. The minimum Gasteiger partial charge on any atom is -0.479 e. The molecule has 0 aliphatic carbocycles. The third kappa shape index (κ3) is 0.856. The highest BCUT2D eigenvalue weighted by Gasteiger charge is 1.98. The van der Waals surface area contributed by atoms with Crippen LogP contribution >= 0.6 is 0 Å². The molecular weight excluding hydrogens is 90.1 g/mol. The topological polar surface area (TPSA) is 12.5 Å². The van der Waals surface area contributed by atoms with Gasteiger partial charge < -0.3 is 9.64 Å². The van der Waals surface area contributed by atoms with Gasteiger partial charge >= 0.3 is 0 Å². The fourth-order valence-corrected chi connectivity index (χ4v) is 0.450. The molecule has 0 spiro atoms. The van der Waals surface area contributed by atoms with Gasteiger partial charge in [-0.1, -0.05) is 0 Å². The molecule has 7 heavy (non-hydrogen) atoms. The molecule has 0 N–H and O–H groups in total. The lowest BCUT2D eigenvalue weighted by Crippen LogP contribution is -2.13. The number of hydrogen-bond acceptors (Lipinski definition) is 2. The Morgan fingerprint density at radius 1 is 1.86 bits per heavy atom. The van der Waals surface area contributed by atoms with Crippen LogP contribution in [0.4, 0.5) is 0 Å². The van der Waals surface area contributed by atoms with Crippen LogP contribution in [0, 0.1) is 6.92 Å². The van der Waals surface area contributed by atoms with Gasteiger partial charge in [0.1, 0.15) is 6.26 Å². The number of nitrogens with zero attached hydrogens (tertiary/aromatic N) is 1. The monoisotopic (exact) mass is 98.1 g/mol. The highest BCUT2D eigenvalue weighted by molar-refractivity contribution is 4.79. The average Bonchev–Trinajstić information content (AvgIpc) is 2.14. The minimum absolute atomic E-state index is 0.670. The van der Waals surface area contributed by atoms with Crippen molar-refractivity contribution in [3.63, 3.8) is 0 Å². The smallest absolute Gasteiger partial charge is 0.160 e. The summed E-state index contributed by atoms with van der Waals surface area (Å²) in [5.41, 5.74) is 0. The van der Waals surface area contributed by atoms with E-state index in [1.54, 1.807) is 6.26 Å². The van der Waals surface area contributed by atoms with Crippen molar-refractivity contribution in [3.05, 3.63) is 19.4 Å². The molecule has 0 aromatic heterocycles. The van der Waals surface area contributed by atoms with Crippen LogP contribution in [0.5, 0.6) is 0 Å². The van der Waals surface area contributed by atoms with Gasteiger partial charge in [-0.3, -0.25) is 0 Å². The molecule has 0 bridgehead atoms. The summed E-state index contributed by atoms with van der Waals surface area (Å²) in [6, 6.07) is 0.